The van der Waals surface area contributed by atoms with Gasteiger partial charge < -0.3 is 20.7 Å². The molecule has 0 saturated carbocycles. The van der Waals surface area contributed by atoms with E-state index in [4.69, 9.17) is 10.5 Å². The smallest absolute Gasteiger partial charge is 0.237 e. The van der Waals surface area contributed by atoms with Crippen molar-refractivity contribution in [2.24, 2.45) is 5.73 Å². The lowest BCUT2D eigenvalue weighted by Gasteiger charge is -2.30. The van der Waals surface area contributed by atoms with E-state index in [-0.39, 0.29) is 24.2 Å². The number of nitrogens with two attached hydrogens (primary N) is 1. The van der Waals surface area contributed by atoms with Gasteiger partial charge in [-0.1, -0.05) is 0 Å². The largest absolute Gasteiger partial charge is 0.374 e. The molecule has 1 rings (SSSR count). The van der Waals surface area contributed by atoms with Crippen molar-refractivity contribution >= 4 is 15.7 Å². The molecular formula is C11H23N3O4S. The average Bonchev–Trinajstić information content (AvgIpc) is 2.32. The highest BCUT2D eigenvalue weighted by molar-refractivity contribution is 7.90. The summed E-state index contributed by atoms with van der Waals surface area (Å²) in [5.74, 6) is -0.412. The Morgan fingerprint density at radius 3 is 2.84 bits per heavy atom. The molecule has 1 aliphatic heterocycles. The number of rotatable bonds is 6. The number of morpholine rings is 1. The molecule has 0 radical (unpaired) electrons. The zero-order valence-corrected chi connectivity index (χ0v) is 12.3. The van der Waals surface area contributed by atoms with Gasteiger partial charge in [-0.15, -0.1) is 0 Å². The van der Waals surface area contributed by atoms with Crippen molar-refractivity contribution in [1.82, 2.24) is 10.2 Å². The SMILES string of the molecule is CN1CCOC(CNC(=O)C(N)CCS(C)(=O)=O)C1. The molecule has 112 valence electrons. The third-order valence-corrected chi connectivity index (χ3v) is 3.96. The van der Waals surface area contributed by atoms with Gasteiger partial charge in [0.25, 0.3) is 0 Å². The van der Waals surface area contributed by atoms with Crippen LogP contribution in [-0.4, -0.2) is 76.7 Å². The number of nitrogens with zero attached hydrogens (tertiary/aromatic N) is 1. The van der Waals surface area contributed by atoms with E-state index >= 15 is 0 Å². The summed E-state index contributed by atoms with van der Waals surface area (Å²) in [7, 11) is -1.09. The molecule has 2 atom stereocenters. The lowest BCUT2D eigenvalue weighted by Crippen LogP contribution is -2.49. The van der Waals surface area contributed by atoms with Gasteiger partial charge in [0.2, 0.25) is 5.91 Å². The van der Waals surface area contributed by atoms with Crippen LogP contribution < -0.4 is 11.1 Å². The van der Waals surface area contributed by atoms with Gasteiger partial charge in [-0.05, 0) is 13.5 Å². The number of carbonyl (C=O) groups is 1. The Morgan fingerprint density at radius 1 is 1.58 bits per heavy atom. The third-order valence-electron chi connectivity index (χ3n) is 2.98. The summed E-state index contributed by atoms with van der Waals surface area (Å²) < 4.78 is 27.5. The van der Waals surface area contributed by atoms with E-state index in [0.717, 1.165) is 19.3 Å². The molecule has 1 heterocycles. The van der Waals surface area contributed by atoms with Crippen LogP contribution in [0.4, 0.5) is 0 Å². The van der Waals surface area contributed by atoms with Gasteiger partial charge >= 0.3 is 0 Å². The normalized spacial score (nSPS) is 23.0. The van der Waals surface area contributed by atoms with Crippen LogP contribution in [0.3, 0.4) is 0 Å². The highest BCUT2D eigenvalue weighted by atomic mass is 32.2. The molecular weight excluding hydrogens is 270 g/mol. The van der Waals surface area contributed by atoms with Gasteiger partial charge in [-0.25, -0.2) is 8.42 Å². The van der Waals surface area contributed by atoms with Crippen LogP contribution in [-0.2, 0) is 19.4 Å². The number of hydrogen-bond acceptors (Lipinski definition) is 6. The number of sulfone groups is 1. The Hall–Kier alpha value is -0.700. The molecule has 1 aliphatic rings. The maximum Gasteiger partial charge on any atom is 0.237 e. The molecule has 2 unspecified atom stereocenters. The lowest BCUT2D eigenvalue weighted by atomic mass is 10.2. The average molecular weight is 293 g/mol. The first kappa shape index (κ1) is 16.4. The number of nitrogens with one attached hydrogen (secondary N) is 1. The Bertz CT molecular complexity index is 399. The van der Waals surface area contributed by atoms with E-state index in [1.807, 2.05) is 7.05 Å². The molecule has 3 N–H and O–H groups in total. The molecule has 19 heavy (non-hydrogen) atoms. The number of amides is 1. The zero-order valence-electron chi connectivity index (χ0n) is 11.5. The Morgan fingerprint density at radius 2 is 2.26 bits per heavy atom. The molecule has 0 aliphatic carbocycles. The van der Waals surface area contributed by atoms with Crippen LogP contribution in [0, 0.1) is 0 Å². The monoisotopic (exact) mass is 293 g/mol. The van der Waals surface area contributed by atoms with E-state index < -0.39 is 15.9 Å². The van der Waals surface area contributed by atoms with Crippen molar-refractivity contribution < 1.29 is 17.9 Å². The lowest BCUT2D eigenvalue weighted by molar-refractivity contribution is -0.123. The standard InChI is InChI=1S/C11H23N3O4S/c1-14-4-5-18-9(8-14)7-13-11(15)10(12)3-6-19(2,16)17/h9-10H,3-8,12H2,1-2H3,(H,13,15). The van der Waals surface area contributed by atoms with Crippen LogP contribution in [0.25, 0.3) is 0 Å². The Kier molecular flexibility index (Phi) is 6.18. The fourth-order valence-electron chi connectivity index (χ4n) is 1.81. The highest BCUT2D eigenvalue weighted by Gasteiger charge is 2.20. The second-order valence-corrected chi connectivity index (χ2v) is 7.28. The van der Waals surface area contributed by atoms with E-state index in [1.54, 1.807) is 0 Å². The van der Waals surface area contributed by atoms with Crippen molar-refractivity contribution in [2.75, 3.05) is 45.3 Å². The van der Waals surface area contributed by atoms with Crippen molar-refractivity contribution in [1.29, 1.82) is 0 Å². The minimum atomic E-state index is -3.09. The number of carbonyl (C=O) groups excluding carboxylic acids is 1. The van der Waals surface area contributed by atoms with E-state index in [9.17, 15) is 13.2 Å². The van der Waals surface area contributed by atoms with Gasteiger partial charge in [0.05, 0.1) is 24.5 Å². The van der Waals surface area contributed by atoms with E-state index in [0.29, 0.717) is 13.2 Å². The molecule has 7 nitrogen and oxygen atoms in total. The van der Waals surface area contributed by atoms with Crippen LogP contribution in [0.15, 0.2) is 0 Å². The summed E-state index contributed by atoms with van der Waals surface area (Å²) >= 11 is 0. The van der Waals surface area contributed by atoms with Gasteiger partial charge in [0, 0.05) is 25.9 Å². The number of likely N-dealkylation sites (N-methyl/N-ethyl adjacent to an activating group) is 1. The molecule has 1 fully saturated rings. The molecule has 0 aromatic carbocycles. The fourth-order valence-corrected chi connectivity index (χ4v) is 2.49. The summed E-state index contributed by atoms with van der Waals surface area (Å²) in [6.45, 7) is 2.70. The molecule has 1 saturated heterocycles. The third kappa shape index (κ3) is 6.86. The zero-order chi connectivity index (χ0) is 14.5. The van der Waals surface area contributed by atoms with Crippen LogP contribution in [0.5, 0.6) is 0 Å². The highest BCUT2D eigenvalue weighted by Crippen LogP contribution is 2.02. The second kappa shape index (κ2) is 7.18. The Labute approximate surface area is 114 Å². The van der Waals surface area contributed by atoms with Crippen molar-refractivity contribution in [2.45, 2.75) is 18.6 Å². The molecule has 0 bridgehead atoms. The molecule has 8 heteroatoms. The van der Waals surface area contributed by atoms with Crippen LogP contribution in [0.1, 0.15) is 6.42 Å². The second-order valence-electron chi connectivity index (χ2n) is 5.03. The topological polar surface area (TPSA) is 102 Å². The van der Waals surface area contributed by atoms with Gasteiger partial charge in [-0.3, -0.25) is 4.79 Å². The predicted octanol–water partition coefficient (Wildman–Crippen LogP) is -1.80. The summed E-state index contributed by atoms with van der Waals surface area (Å²) in [4.78, 5) is 13.8. The minimum Gasteiger partial charge on any atom is -0.374 e. The predicted molar refractivity (Wildman–Crippen MR) is 72.5 cm³/mol. The van der Waals surface area contributed by atoms with Gasteiger partial charge in [-0.2, -0.15) is 0 Å². The first-order valence-electron chi connectivity index (χ1n) is 6.29. The quantitative estimate of drug-likeness (QED) is 0.599. The first-order chi connectivity index (χ1) is 8.78. The number of hydrogen-bond donors (Lipinski definition) is 2. The van der Waals surface area contributed by atoms with Gasteiger partial charge in [0.15, 0.2) is 0 Å². The maximum atomic E-state index is 11.7. The van der Waals surface area contributed by atoms with E-state index in [2.05, 4.69) is 10.2 Å². The van der Waals surface area contributed by atoms with Crippen molar-refractivity contribution in [3.05, 3.63) is 0 Å². The van der Waals surface area contributed by atoms with Gasteiger partial charge in [0.1, 0.15) is 9.84 Å². The first-order valence-corrected chi connectivity index (χ1v) is 8.35. The van der Waals surface area contributed by atoms with Crippen molar-refractivity contribution in [3.8, 4) is 0 Å². The summed E-state index contributed by atoms with van der Waals surface area (Å²) in [6, 6.07) is -0.795. The summed E-state index contributed by atoms with van der Waals surface area (Å²) in [6.07, 6.45) is 1.23. The summed E-state index contributed by atoms with van der Waals surface area (Å²) in [5.41, 5.74) is 5.64. The van der Waals surface area contributed by atoms with Crippen LogP contribution in [0.2, 0.25) is 0 Å². The van der Waals surface area contributed by atoms with Crippen molar-refractivity contribution in [3.63, 3.8) is 0 Å². The molecule has 1 amide bonds. The molecule has 0 aromatic rings. The molecule has 0 aromatic heterocycles. The minimum absolute atomic E-state index is 0.0372. The fraction of sp³-hybridized carbons (Fsp3) is 0.909. The summed E-state index contributed by atoms with van der Waals surface area (Å²) in [5, 5.41) is 2.70. The van der Waals surface area contributed by atoms with E-state index in [1.165, 1.54) is 0 Å². The Balaban J connectivity index is 2.26. The number of ether oxygens (including phenoxy) is 1. The van der Waals surface area contributed by atoms with Crippen LogP contribution >= 0.6 is 0 Å². The molecule has 0 spiro atoms. The maximum absolute atomic E-state index is 11.7.